The highest BCUT2D eigenvalue weighted by atomic mass is 32.1. The molecule has 0 N–H and O–H groups in total. The Balaban J connectivity index is 1.75. The summed E-state index contributed by atoms with van der Waals surface area (Å²) in [6.07, 6.45) is 0. The number of aryl methyl sites for hydroxylation is 1. The van der Waals surface area contributed by atoms with Gasteiger partial charge in [-0.15, -0.1) is 0 Å². The van der Waals surface area contributed by atoms with E-state index in [-0.39, 0.29) is 0 Å². The molecule has 0 aliphatic rings. The summed E-state index contributed by atoms with van der Waals surface area (Å²) in [4.78, 5) is 23.9. The molecule has 28 heavy (non-hydrogen) atoms. The Bertz CT molecular complexity index is 1200. The predicted molar refractivity (Wildman–Crippen MR) is 108 cm³/mol. The van der Waals surface area contributed by atoms with Gasteiger partial charge in [-0.1, -0.05) is 41.2 Å². The normalized spacial score (nSPS) is 10.8. The fourth-order valence-corrected chi connectivity index (χ4v) is 3.58. The number of hydrogen-bond donors (Lipinski definition) is 0. The largest absolute Gasteiger partial charge is 0.497 e. The SMILES string of the molecule is COc1ccc(-c2cc(OC(=O)c3ccc(C)cc3)cc3sc(=O)oc23)cc1. The number of carbonyl (C=O) groups excluding carboxylic acids is 1. The summed E-state index contributed by atoms with van der Waals surface area (Å²) in [5.41, 5.74) is 3.47. The Labute approximate surface area is 164 Å². The standard InChI is InChI=1S/C22H16O5S/c1-13-3-5-15(6-4-13)21(23)26-17-11-18(14-7-9-16(25-2)10-8-14)20-19(12-17)28-22(24)27-20/h3-12H,1-2H3. The van der Waals surface area contributed by atoms with Crippen molar-refractivity contribution in [1.29, 1.82) is 0 Å². The second-order valence-corrected chi connectivity index (χ2v) is 7.21. The van der Waals surface area contributed by atoms with Gasteiger partial charge in [0, 0.05) is 11.6 Å². The number of methoxy groups -OCH3 is 1. The Morgan fingerprint density at radius 3 is 2.36 bits per heavy atom. The zero-order valence-corrected chi connectivity index (χ0v) is 16.0. The van der Waals surface area contributed by atoms with Gasteiger partial charge in [-0.05, 0) is 42.8 Å². The molecule has 4 aromatic rings. The number of benzene rings is 3. The molecule has 0 saturated heterocycles. The summed E-state index contributed by atoms with van der Waals surface area (Å²) in [6.45, 7) is 1.95. The van der Waals surface area contributed by atoms with Crippen LogP contribution in [-0.4, -0.2) is 13.1 Å². The molecule has 0 bridgehead atoms. The molecule has 0 aliphatic heterocycles. The minimum absolute atomic E-state index is 0.348. The molecular formula is C22H16O5S. The fourth-order valence-electron chi connectivity index (χ4n) is 2.85. The van der Waals surface area contributed by atoms with Crippen LogP contribution in [0.25, 0.3) is 21.4 Å². The van der Waals surface area contributed by atoms with Crippen LogP contribution in [0.1, 0.15) is 15.9 Å². The van der Waals surface area contributed by atoms with E-state index in [9.17, 15) is 9.59 Å². The first kappa shape index (κ1) is 18.0. The van der Waals surface area contributed by atoms with Crippen LogP contribution in [0.15, 0.2) is 69.9 Å². The van der Waals surface area contributed by atoms with Gasteiger partial charge in [-0.3, -0.25) is 0 Å². The van der Waals surface area contributed by atoms with Crippen LogP contribution in [0.2, 0.25) is 0 Å². The van der Waals surface area contributed by atoms with E-state index in [1.807, 2.05) is 43.3 Å². The van der Waals surface area contributed by atoms with E-state index in [2.05, 4.69) is 0 Å². The van der Waals surface area contributed by atoms with Crippen molar-refractivity contribution < 1.29 is 18.7 Å². The first-order valence-corrected chi connectivity index (χ1v) is 9.36. The molecule has 0 radical (unpaired) electrons. The Morgan fingerprint density at radius 1 is 0.964 bits per heavy atom. The van der Waals surface area contributed by atoms with Crippen molar-refractivity contribution in [2.75, 3.05) is 7.11 Å². The third-order valence-electron chi connectivity index (χ3n) is 4.31. The molecule has 5 nitrogen and oxygen atoms in total. The zero-order valence-electron chi connectivity index (χ0n) is 15.2. The predicted octanol–water partition coefficient (Wildman–Crippen LogP) is 5.06. The van der Waals surface area contributed by atoms with Gasteiger partial charge in [0.25, 0.3) is 0 Å². The van der Waals surface area contributed by atoms with Crippen LogP contribution in [0.5, 0.6) is 11.5 Å². The van der Waals surface area contributed by atoms with Gasteiger partial charge in [0.05, 0.1) is 17.4 Å². The van der Waals surface area contributed by atoms with Crippen LogP contribution >= 0.6 is 11.3 Å². The molecule has 0 spiro atoms. The number of fused-ring (bicyclic) bond motifs is 1. The molecule has 0 saturated carbocycles. The van der Waals surface area contributed by atoms with Crippen molar-refractivity contribution in [3.63, 3.8) is 0 Å². The topological polar surface area (TPSA) is 65.7 Å². The first-order valence-electron chi connectivity index (χ1n) is 8.54. The van der Waals surface area contributed by atoms with E-state index in [1.165, 1.54) is 0 Å². The molecule has 6 heteroatoms. The minimum atomic E-state index is -0.462. The van der Waals surface area contributed by atoms with E-state index in [0.717, 1.165) is 22.5 Å². The van der Waals surface area contributed by atoms with Gasteiger partial charge in [0.1, 0.15) is 11.5 Å². The lowest BCUT2D eigenvalue weighted by Gasteiger charge is -2.09. The van der Waals surface area contributed by atoms with Gasteiger partial charge in [0.2, 0.25) is 0 Å². The van der Waals surface area contributed by atoms with E-state index in [4.69, 9.17) is 13.9 Å². The van der Waals surface area contributed by atoms with E-state index in [0.29, 0.717) is 32.9 Å². The fraction of sp³-hybridized carbons (Fsp3) is 0.0909. The summed E-state index contributed by atoms with van der Waals surface area (Å²) in [6, 6.07) is 17.8. The molecule has 1 aromatic heterocycles. The van der Waals surface area contributed by atoms with Crippen molar-refractivity contribution in [3.05, 3.63) is 81.5 Å². The minimum Gasteiger partial charge on any atom is -0.497 e. The number of esters is 1. The maximum atomic E-state index is 12.5. The summed E-state index contributed by atoms with van der Waals surface area (Å²) in [5, 5.41) is 0. The number of carbonyl (C=O) groups is 1. The number of rotatable bonds is 4. The average molecular weight is 392 g/mol. The number of hydrogen-bond acceptors (Lipinski definition) is 6. The highest BCUT2D eigenvalue weighted by Crippen LogP contribution is 2.35. The monoisotopic (exact) mass is 392 g/mol. The lowest BCUT2D eigenvalue weighted by molar-refractivity contribution is 0.0735. The third kappa shape index (κ3) is 3.54. The second kappa shape index (κ2) is 7.32. The van der Waals surface area contributed by atoms with Crippen LogP contribution < -0.4 is 14.4 Å². The molecule has 4 rings (SSSR count). The Hall–Kier alpha value is -3.38. The molecule has 0 unspecified atom stereocenters. The van der Waals surface area contributed by atoms with Crippen molar-refractivity contribution in [3.8, 4) is 22.6 Å². The van der Waals surface area contributed by atoms with Gasteiger partial charge >= 0.3 is 10.9 Å². The van der Waals surface area contributed by atoms with Gasteiger partial charge < -0.3 is 13.9 Å². The van der Waals surface area contributed by atoms with E-state index >= 15 is 0 Å². The lowest BCUT2D eigenvalue weighted by Crippen LogP contribution is -2.08. The molecule has 0 aliphatic carbocycles. The van der Waals surface area contributed by atoms with E-state index in [1.54, 1.807) is 31.4 Å². The van der Waals surface area contributed by atoms with Crippen LogP contribution in [0.4, 0.5) is 0 Å². The Kier molecular flexibility index (Phi) is 4.71. The van der Waals surface area contributed by atoms with Crippen LogP contribution in [0.3, 0.4) is 0 Å². The van der Waals surface area contributed by atoms with E-state index < -0.39 is 10.9 Å². The average Bonchev–Trinajstić information content (AvgIpc) is 3.08. The summed E-state index contributed by atoms with van der Waals surface area (Å²) < 4.78 is 16.7. The van der Waals surface area contributed by atoms with Crippen molar-refractivity contribution in [1.82, 2.24) is 0 Å². The highest BCUT2D eigenvalue weighted by Gasteiger charge is 2.16. The first-order chi connectivity index (χ1) is 13.5. The van der Waals surface area contributed by atoms with Crippen molar-refractivity contribution >= 4 is 27.6 Å². The summed E-state index contributed by atoms with van der Waals surface area (Å²) in [7, 11) is 1.59. The highest BCUT2D eigenvalue weighted by molar-refractivity contribution is 7.16. The van der Waals surface area contributed by atoms with Crippen molar-refractivity contribution in [2.24, 2.45) is 0 Å². The van der Waals surface area contributed by atoms with Gasteiger partial charge in [0.15, 0.2) is 5.58 Å². The summed E-state index contributed by atoms with van der Waals surface area (Å²) >= 11 is 0.969. The lowest BCUT2D eigenvalue weighted by atomic mass is 10.0. The van der Waals surface area contributed by atoms with Crippen molar-refractivity contribution in [2.45, 2.75) is 6.92 Å². The van der Waals surface area contributed by atoms with Gasteiger partial charge in [-0.25, -0.2) is 9.59 Å². The molecule has 1 heterocycles. The van der Waals surface area contributed by atoms with Crippen LogP contribution in [0, 0.1) is 6.92 Å². The molecule has 0 atom stereocenters. The second-order valence-electron chi connectivity index (χ2n) is 6.24. The molecular weight excluding hydrogens is 376 g/mol. The van der Waals surface area contributed by atoms with Gasteiger partial charge in [-0.2, -0.15) is 0 Å². The smallest absolute Gasteiger partial charge is 0.396 e. The third-order valence-corrected chi connectivity index (χ3v) is 5.08. The number of ether oxygens (including phenoxy) is 2. The molecule has 0 fully saturated rings. The molecule has 3 aromatic carbocycles. The summed E-state index contributed by atoms with van der Waals surface area (Å²) in [5.74, 6) is 0.602. The molecule has 0 amide bonds. The maximum Gasteiger partial charge on any atom is 0.396 e. The van der Waals surface area contributed by atoms with Crippen LogP contribution in [-0.2, 0) is 0 Å². The quantitative estimate of drug-likeness (QED) is 0.359. The zero-order chi connectivity index (χ0) is 19.7. The Morgan fingerprint density at radius 2 is 1.68 bits per heavy atom. The molecule has 140 valence electrons. The maximum absolute atomic E-state index is 12.5.